The summed E-state index contributed by atoms with van der Waals surface area (Å²) in [4.78, 5) is 4.21. The van der Waals surface area contributed by atoms with Gasteiger partial charge in [-0.2, -0.15) is 0 Å². The second-order valence-electron chi connectivity index (χ2n) is 3.83. The van der Waals surface area contributed by atoms with Gasteiger partial charge in [0, 0.05) is 11.9 Å². The Balaban J connectivity index is 1.74. The number of halogens is 1. The molecule has 0 amide bonds. The van der Waals surface area contributed by atoms with Gasteiger partial charge >= 0.3 is 0 Å². The van der Waals surface area contributed by atoms with Gasteiger partial charge in [-0.15, -0.1) is 11.8 Å². The number of benzene rings is 1. The van der Waals surface area contributed by atoms with E-state index < -0.39 is 0 Å². The van der Waals surface area contributed by atoms with Crippen molar-refractivity contribution in [1.82, 2.24) is 4.98 Å². The predicted octanol–water partition coefficient (Wildman–Crippen LogP) is 4.21. The first kappa shape index (κ1) is 13.2. The van der Waals surface area contributed by atoms with Crippen LogP contribution in [0.5, 0.6) is 5.75 Å². The maximum absolute atomic E-state index is 5.77. The Morgan fingerprint density at radius 2 is 2.17 bits per heavy atom. The van der Waals surface area contributed by atoms with Crippen LogP contribution in [0.2, 0.25) is 5.02 Å². The van der Waals surface area contributed by atoms with Crippen molar-refractivity contribution in [2.75, 3.05) is 12.4 Å². The first-order valence-corrected chi connectivity index (χ1v) is 7.04. The van der Waals surface area contributed by atoms with Crippen LogP contribution in [-0.2, 0) is 0 Å². The number of aromatic nitrogens is 1. The summed E-state index contributed by atoms with van der Waals surface area (Å²) in [5.74, 6) is 1.78. The molecule has 0 aliphatic heterocycles. The molecule has 1 heterocycles. The molecule has 1 aromatic carbocycles. The van der Waals surface area contributed by atoms with Gasteiger partial charge < -0.3 is 4.74 Å². The maximum atomic E-state index is 5.77. The zero-order valence-electron chi connectivity index (χ0n) is 10.1. The van der Waals surface area contributed by atoms with E-state index >= 15 is 0 Å². The van der Waals surface area contributed by atoms with E-state index in [0.29, 0.717) is 11.6 Å². The fourth-order valence-corrected chi connectivity index (χ4v) is 2.24. The number of hydrogen-bond donors (Lipinski definition) is 0. The Labute approximate surface area is 116 Å². The van der Waals surface area contributed by atoms with Crippen molar-refractivity contribution >= 4 is 23.4 Å². The SMILES string of the molecule is Cc1cccc(OCCSc2ccc(Cl)cn2)c1. The topological polar surface area (TPSA) is 22.1 Å². The van der Waals surface area contributed by atoms with Crippen molar-refractivity contribution in [1.29, 1.82) is 0 Å². The third-order valence-corrected chi connectivity index (χ3v) is 3.42. The molecule has 2 aromatic rings. The summed E-state index contributed by atoms with van der Waals surface area (Å²) in [6, 6.07) is 11.8. The minimum atomic E-state index is 0.662. The summed E-state index contributed by atoms with van der Waals surface area (Å²) >= 11 is 7.43. The first-order valence-electron chi connectivity index (χ1n) is 5.68. The molecule has 0 saturated carbocycles. The number of hydrogen-bond acceptors (Lipinski definition) is 3. The molecule has 0 saturated heterocycles. The molecule has 2 nitrogen and oxygen atoms in total. The van der Waals surface area contributed by atoms with E-state index in [1.165, 1.54) is 5.56 Å². The van der Waals surface area contributed by atoms with E-state index in [9.17, 15) is 0 Å². The number of pyridine rings is 1. The van der Waals surface area contributed by atoms with E-state index in [-0.39, 0.29) is 0 Å². The van der Waals surface area contributed by atoms with E-state index in [1.807, 2.05) is 30.3 Å². The van der Waals surface area contributed by atoms with Crippen LogP contribution < -0.4 is 4.74 Å². The fourth-order valence-electron chi connectivity index (χ4n) is 1.46. The van der Waals surface area contributed by atoms with E-state index in [0.717, 1.165) is 16.5 Å². The lowest BCUT2D eigenvalue weighted by Crippen LogP contribution is -2.00. The molecule has 0 spiro atoms. The lowest BCUT2D eigenvalue weighted by atomic mass is 10.2. The molecule has 0 unspecified atom stereocenters. The van der Waals surface area contributed by atoms with Gasteiger partial charge in [-0.1, -0.05) is 23.7 Å². The van der Waals surface area contributed by atoms with Gasteiger partial charge in [-0.05, 0) is 36.8 Å². The number of ether oxygens (including phenoxy) is 1. The van der Waals surface area contributed by atoms with Gasteiger partial charge in [0.25, 0.3) is 0 Å². The Morgan fingerprint density at radius 3 is 2.89 bits per heavy atom. The molecule has 0 aliphatic rings. The van der Waals surface area contributed by atoms with Crippen molar-refractivity contribution in [2.45, 2.75) is 11.9 Å². The highest BCUT2D eigenvalue weighted by molar-refractivity contribution is 7.99. The van der Waals surface area contributed by atoms with E-state index in [2.05, 4.69) is 18.0 Å². The molecule has 18 heavy (non-hydrogen) atoms. The zero-order valence-corrected chi connectivity index (χ0v) is 11.7. The molecule has 0 N–H and O–H groups in total. The summed E-state index contributed by atoms with van der Waals surface area (Å²) < 4.78 is 5.66. The molecule has 0 bridgehead atoms. The minimum Gasteiger partial charge on any atom is -0.493 e. The Morgan fingerprint density at radius 1 is 1.28 bits per heavy atom. The molecule has 1 aromatic heterocycles. The van der Waals surface area contributed by atoms with Gasteiger partial charge in [0.1, 0.15) is 5.75 Å². The Hall–Kier alpha value is -1.19. The maximum Gasteiger partial charge on any atom is 0.119 e. The van der Waals surface area contributed by atoms with Crippen LogP contribution in [0.15, 0.2) is 47.6 Å². The summed E-state index contributed by atoms with van der Waals surface area (Å²) in [6.07, 6.45) is 1.66. The second kappa shape index (κ2) is 6.66. The van der Waals surface area contributed by atoms with Crippen LogP contribution in [0.1, 0.15) is 5.56 Å². The molecule has 94 valence electrons. The minimum absolute atomic E-state index is 0.662. The van der Waals surface area contributed by atoms with Gasteiger partial charge in [0.2, 0.25) is 0 Å². The first-order chi connectivity index (χ1) is 8.74. The third-order valence-electron chi connectivity index (χ3n) is 2.29. The molecular weight excluding hydrogens is 266 g/mol. The summed E-state index contributed by atoms with van der Waals surface area (Å²) in [6.45, 7) is 2.72. The third kappa shape index (κ3) is 4.24. The molecular formula is C14H14ClNOS. The fraction of sp³-hybridized carbons (Fsp3) is 0.214. The predicted molar refractivity (Wildman–Crippen MR) is 76.6 cm³/mol. The zero-order chi connectivity index (χ0) is 12.8. The molecule has 0 radical (unpaired) electrons. The molecule has 0 aliphatic carbocycles. The summed E-state index contributed by atoms with van der Waals surface area (Å²) in [5.41, 5.74) is 1.21. The van der Waals surface area contributed by atoms with Crippen molar-refractivity contribution in [3.8, 4) is 5.75 Å². The van der Waals surface area contributed by atoms with Crippen molar-refractivity contribution in [3.63, 3.8) is 0 Å². The normalized spacial score (nSPS) is 10.3. The average molecular weight is 280 g/mol. The molecule has 2 rings (SSSR count). The quantitative estimate of drug-likeness (QED) is 0.604. The van der Waals surface area contributed by atoms with Crippen LogP contribution in [0.3, 0.4) is 0 Å². The van der Waals surface area contributed by atoms with Crippen molar-refractivity contribution < 1.29 is 4.74 Å². The highest BCUT2D eigenvalue weighted by Gasteiger charge is 1.97. The highest BCUT2D eigenvalue weighted by Crippen LogP contribution is 2.18. The van der Waals surface area contributed by atoms with Crippen molar-refractivity contribution in [3.05, 3.63) is 53.2 Å². The van der Waals surface area contributed by atoms with E-state index in [1.54, 1.807) is 18.0 Å². The molecule has 0 atom stereocenters. The highest BCUT2D eigenvalue weighted by atomic mass is 35.5. The Kier molecular flexibility index (Phi) is 4.90. The van der Waals surface area contributed by atoms with Crippen molar-refractivity contribution in [2.24, 2.45) is 0 Å². The van der Waals surface area contributed by atoms with Gasteiger partial charge in [0.05, 0.1) is 16.7 Å². The van der Waals surface area contributed by atoms with Crippen LogP contribution in [0, 0.1) is 6.92 Å². The lowest BCUT2D eigenvalue weighted by Gasteiger charge is -2.06. The van der Waals surface area contributed by atoms with Crippen LogP contribution in [0.4, 0.5) is 0 Å². The van der Waals surface area contributed by atoms with Crippen LogP contribution >= 0.6 is 23.4 Å². The summed E-state index contributed by atoms with van der Waals surface area (Å²) in [7, 11) is 0. The van der Waals surface area contributed by atoms with Gasteiger partial charge in [-0.3, -0.25) is 0 Å². The number of rotatable bonds is 5. The molecule has 4 heteroatoms. The number of thioether (sulfide) groups is 1. The monoisotopic (exact) mass is 279 g/mol. The van der Waals surface area contributed by atoms with E-state index in [4.69, 9.17) is 16.3 Å². The van der Waals surface area contributed by atoms with Crippen LogP contribution in [0.25, 0.3) is 0 Å². The van der Waals surface area contributed by atoms with Gasteiger partial charge in [0.15, 0.2) is 0 Å². The summed E-state index contributed by atoms with van der Waals surface area (Å²) in [5, 5.41) is 1.63. The number of aryl methyl sites for hydroxylation is 1. The lowest BCUT2D eigenvalue weighted by molar-refractivity contribution is 0.343. The molecule has 0 fully saturated rings. The Bertz CT molecular complexity index is 501. The largest absolute Gasteiger partial charge is 0.493 e. The van der Waals surface area contributed by atoms with Gasteiger partial charge in [-0.25, -0.2) is 4.98 Å². The average Bonchev–Trinajstić information content (AvgIpc) is 2.37. The number of nitrogens with zero attached hydrogens (tertiary/aromatic N) is 1. The smallest absolute Gasteiger partial charge is 0.119 e. The van der Waals surface area contributed by atoms with Crippen LogP contribution in [-0.4, -0.2) is 17.3 Å². The second-order valence-corrected chi connectivity index (χ2v) is 5.38. The standard InChI is InChI=1S/C14H14ClNOS/c1-11-3-2-4-13(9-11)17-7-8-18-14-6-5-12(15)10-16-14/h2-6,9-10H,7-8H2,1H3.